The lowest BCUT2D eigenvalue weighted by molar-refractivity contribution is -0.117. The summed E-state index contributed by atoms with van der Waals surface area (Å²) in [6, 6.07) is 16.3. The molecule has 0 fully saturated rings. The molecule has 0 atom stereocenters. The van der Waals surface area contributed by atoms with Crippen LogP contribution in [0.2, 0.25) is 10.0 Å². The van der Waals surface area contributed by atoms with Gasteiger partial charge in [-0.25, -0.2) is 4.99 Å². The molecule has 1 aromatic heterocycles. The molecule has 0 unspecified atom stereocenters. The number of carbonyl (C=O) groups excluding carboxylic acids is 1. The van der Waals surface area contributed by atoms with Gasteiger partial charge in [0.1, 0.15) is 5.69 Å². The van der Waals surface area contributed by atoms with Crippen molar-refractivity contribution in [3.63, 3.8) is 0 Å². The van der Waals surface area contributed by atoms with Crippen LogP contribution >= 0.6 is 23.2 Å². The molecule has 0 radical (unpaired) electrons. The third kappa shape index (κ3) is 3.91. The molecule has 0 saturated heterocycles. The molecule has 24 heavy (non-hydrogen) atoms. The monoisotopic (exact) mass is 357 g/mol. The maximum Gasteiger partial charge on any atom is 0.250 e. The maximum absolute atomic E-state index is 12.3. The topological polar surface area (TPSA) is 58.1 Å². The molecule has 4 nitrogen and oxygen atoms in total. The summed E-state index contributed by atoms with van der Waals surface area (Å²) in [6.07, 6.45) is 1.73. The molecule has 120 valence electrons. The number of aromatic nitrogens is 2. The molecule has 0 aliphatic heterocycles. The number of benzene rings is 2. The summed E-state index contributed by atoms with van der Waals surface area (Å²) in [4.78, 5) is 16.5. The van der Waals surface area contributed by atoms with Crippen LogP contribution < -0.4 is 5.36 Å². The van der Waals surface area contributed by atoms with E-state index < -0.39 is 0 Å². The van der Waals surface area contributed by atoms with Crippen LogP contribution in [-0.4, -0.2) is 16.1 Å². The minimum absolute atomic E-state index is 0.100. The predicted octanol–water partition coefficient (Wildman–Crippen LogP) is 4.05. The Balaban J connectivity index is 1.93. The first-order chi connectivity index (χ1) is 11.6. The van der Waals surface area contributed by atoms with Crippen molar-refractivity contribution in [1.29, 1.82) is 0 Å². The summed E-state index contributed by atoms with van der Waals surface area (Å²) in [5.74, 6) is -0.301. The van der Waals surface area contributed by atoms with Gasteiger partial charge < -0.3 is 0 Å². The molecule has 0 saturated carbocycles. The van der Waals surface area contributed by atoms with Crippen molar-refractivity contribution in [3.8, 4) is 11.3 Å². The third-order valence-electron chi connectivity index (χ3n) is 3.38. The quantitative estimate of drug-likeness (QED) is 0.768. The molecular weight excluding hydrogens is 345 g/mol. The zero-order valence-electron chi connectivity index (χ0n) is 12.5. The summed E-state index contributed by atoms with van der Waals surface area (Å²) < 4.78 is 0. The Bertz CT molecular complexity index is 936. The molecule has 0 bridgehead atoms. The molecule has 6 heteroatoms. The van der Waals surface area contributed by atoms with Gasteiger partial charge in [0.15, 0.2) is 0 Å². The number of amides is 1. The first-order valence-electron chi connectivity index (χ1n) is 7.24. The standard InChI is InChI=1S/C18H13Cl2N3O/c19-14-7-6-13(15(20)11-14)10-17(24)22-16-8-9-21-23-18(16)12-4-2-1-3-5-12/h1-9,11H,10H2,(H,21,22,24). The molecule has 1 amide bonds. The fourth-order valence-corrected chi connectivity index (χ4v) is 2.73. The van der Waals surface area contributed by atoms with Crippen molar-refractivity contribution in [2.45, 2.75) is 6.42 Å². The second-order valence-corrected chi connectivity index (χ2v) is 5.94. The number of rotatable bonds is 3. The predicted molar refractivity (Wildman–Crippen MR) is 94.8 cm³/mol. The van der Waals surface area contributed by atoms with Crippen LogP contribution in [0.5, 0.6) is 0 Å². The van der Waals surface area contributed by atoms with Gasteiger partial charge >= 0.3 is 0 Å². The highest BCUT2D eigenvalue weighted by atomic mass is 35.5. The Morgan fingerprint density at radius 2 is 1.88 bits per heavy atom. The zero-order chi connectivity index (χ0) is 16.9. The Labute approximate surface area is 148 Å². The maximum atomic E-state index is 12.3. The Morgan fingerprint density at radius 1 is 1.08 bits per heavy atom. The number of hydrogen-bond acceptors (Lipinski definition) is 2. The molecule has 0 spiro atoms. The minimum atomic E-state index is -0.301. The van der Waals surface area contributed by atoms with Crippen LogP contribution in [0.15, 0.2) is 65.8 Å². The lowest BCUT2D eigenvalue weighted by atomic mass is 10.1. The summed E-state index contributed by atoms with van der Waals surface area (Å²) in [7, 11) is 0. The van der Waals surface area contributed by atoms with Crippen molar-refractivity contribution < 1.29 is 4.79 Å². The number of aromatic amines is 1. The van der Waals surface area contributed by atoms with E-state index in [-0.39, 0.29) is 12.3 Å². The lowest BCUT2D eigenvalue weighted by Gasteiger charge is -2.03. The third-order valence-corrected chi connectivity index (χ3v) is 3.97. The van der Waals surface area contributed by atoms with Gasteiger partial charge in [0.25, 0.3) is 5.91 Å². The molecule has 3 rings (SSSR count). The smallest absolute Gasteiger partial charge is 0.250 e. The second-order valence-electron chi connectivity index (χ2n) is 5.09. The Hall–Kier alpha value is -2.43. The Morgan fingerprint density at radius 3 is 2.62 bits per heavy atom. The van der Waals surface area contributed by atoms with E-state index in [1.807, 2.05) is 30.3 Å². The number of nitrogens with one attached hydrogen (secondary N) is 1. The van der Waals surface area contributed by atoms with E-state index >= 15 is 0 Å². The van der Waals surface area contributed by atoms with Crippen LogP contribution in [0.1, 0.15) is 5.56 Å². The normalized spacial score (nSPS) is 11.5. The van der Waals surface area contributed by atoms with Gasteiger partial charge in [-0.3, -0.25) is 9.89 Å². The highest BCUT2D eigenvalue weighted by molar-refractivity contribution is 6.35. The zero-order valence-corrected chi connectivity index (χ0v) is 14.1. The summed E-state index contributed by atoms with van der Waals surface area (Å²) >= 11 is 12.0. The second kappa shape index (κ2) is 7.43. The van der Waals surface area contributed by atoms with Crippen molar-refractivity contribution in [2.75, 3.05) is 0 Å². The van der Waals surface area contributed by atoms with Gasteiger partial charge in [-0.05, 0) is 23.8 Å². The van der Waals surface area contributed by atoms with Gasteiger partial charge in [-0.1, -0.05) is 59.6 Å². The summed E-state index contributed by atoms with van der Waals surface area (Å²) in [6.45, 7) is 0. The number of H-pyrrole nitrogens is 1. The van der Waals surface area contributed by atoms with Crippen molar-refractivity contribution in [3.05, 3.63) is 81.8 Å². The average molecular weight is 358 g/mol. The van der Waals surface area contributed by atoms with Crippen molar-refractivity contribution in [1.82, 2.24) is 10.2 Å². The van der Waals surface area contributed by atoms with Crippen molar-refractivity contribution in [2.24, 2.45) is 4.99 Å². The van der Waals surface area contributed by atoms with Crippen LogP contribution in [0, 0.1) is 0 Å². The van der Waals surface area contributed by atoms with E-state index in [0.29, 0.717) is 26.7 Å². The fraction of sp³-hybridized carbons (Fsp3) is 0.0556. The van der Waals surface area contributed by atoms with E-state index in [1.54, 1.807) is 30.5 Å². The molecular formula is C18H13Cl2N3O. The van der Waals surface area contributed by atoms with Gasteiger partial charge in [0.05, 0.1) is 11.8 Å². The van der Waals surface area contributed by atoms with E-state index in [9.17, 15) is 4.79 Å². The largest absolute Gasteiger partial charge is 0.285 e. The highest BCUT2D eigenvalue weighted by Gasteiger charge is 2.08. The van der Waals surface area contributed by atoms with E-state index in [0.717, 1.165) is 5.56 Å². The van der Waals surface area contributed by atoms with E-state index in [1.165, 1.54) is 0 Å². The first kappa shape index (κ1) is 16.4. The molecule has 0 aliphatic carbocycles. The van der Waals surface area contributed by atoms with Gasteiger partial charge in [0, 0.05) is 21.8 Å². The fourth-order valence-electron chi connectivity index (χ4n) is 2.25. The SMILES string of the molecule is O=C(Cc1ccc(Cl)cc1Cl)N=c1cc[nH]nc1-c1ccccc1. The number of hydrogen-bond donors (Lipinski definition) is 1. The average Bonchev–Trinajstić information content (AvgIpc) is 2.59. The van der Waals surface area contributed by atoms with Crippen LogP contribution in [0.4, 0.5) is 0 Å². The van der Waals surface area contributed by atoms with E-state index in [4.69, 9.17) is 23.2 Å². The van der Waals surface area contributed by atoms with Gasteiger partial charge in [-0.15, -0.1) is 0 Å². The van der Waals surface area contributed by atoms with Crippen LogP contribution in [-0.2, 0) is 11.2 Å². The summed E-state index contributed by atoms with van der Waals surface area (Å²) in [5, 5.41) is 8.50. The number of halogens is 2. The lowest BCUT2D eigenvalue weighted by Crippen LogP contribution is -2.13. The van der Waals surface area contributed by atoms with E-state index in [2.05, 4.69) is 15.2 Å². The van der Waals surface area contributed by atoms with Crippen LogP contribution in [0.25, 0.3) is 11.3 Å². The molecule has 2 aromatic carbocycles. The van der Waals surface area contributed by atoms with Crippen molar-refractivity contribution >= 4 is 29.1 Å². The molecule has 3 aromatic rings. The Kier molecular flexibility index (Phi) is 5.08. The molecule has 0 aliphatic rings. The minimum Gasteiger partial charge on any atom is -0.285 e. The first-order valence-corrected chi connectivity index (χ1v) is 8.00. The molecule has 1 N–H and O–H groups in total. The highest BCUT2D eigenvalue weighted by Crippen LogP contribution is 2.21. The van der Waals surface area contributed by atoms with Gasteiger partial charge in [0.2, 0.25) is 0 Å². The number of nitrogens with zero attached hydrogens (tertiary/aromatic N) is 2. The number of carbonyl (C=O) groups is 1. The summed E-state index contributed by atoms with van der Waals surface area (Å²) in [5.41, 5.74) is 2.19. The van der Waals surface area contributed by atoms with Crippen LogP contribution in [0.3, 0.4) is 0 Å². The molecule has 1 heterocycles. The van der Waals surface area contributed by atoms with Gasteiger partial charge in [-0.2, -0.15) is 5.10 Å².